The van der Waals surface area contributed by atoms with Gasteiger partial charge in [0.15, 0.2) is 5.82 Å². The fourth-order valence-electron chi connectivity index (χ4n) is 4.02. The lowest BCUT2D eigenvalue weighted by Gasteiger charge is -2.23. The van der Waals surface area contributed by atoms with Gasteiger partial charge in [-0.25, -0.2) is 4.98 Å². The summed E-state index contributed by atoms with van der Waals surface area (Å²) in [6.07, 6.45) is 1.97. The van der Waals surface area contributed by atoms with Gasteiger partial charge in [-0.1, -0.05) is 52.8 Å². The van der Waals surface area contributed by atoms with E-state index in [2.05, 4.69) is 74.1 Å². The summed E-state index contributed by atoms with van der Waals surface area (Å²) in [6.45, 7) is 12.3. The van der Waals surface area contributed by atoms with Crippen LogP contribution in [0.1, 0.15) is 56.4 Å². The molecule has 0 fully saturated rings. The van der Waals surface area contributed by atoms with Gasteiger partial charge in [0.1, 0.15) is 5.69 Å². The van der Waals surface area contributed by atoms with E-state index < -0.39 is 0 Å². The number of hydrogen-bond acceptors (Lipinski definition) is 3. The minimum Gasteiger partial charge on any atom is -0.349 e. The zero-order valence-corrected chi connectivity index (χ0v) is 19.4. The van der Waals surface area contributed by atoms with Crippen LogP contribution in [0, 0.1) is 11.3 Å². The molecule has 1 amide bonds. The summed E-state index contributed by atoms with van der Waals surface area (Å²) in [5.41, 5.74) is 5.95. The molecule has 1 aromatic carbocycles. The van der Waals surface area contributed by atoms with Gasteiger partial charge >= 0.3 is 0 Å². The zero-order chi connectivity index (χ0) is 21.5. The Hall–Kier alpha value is -2.40. The normalized spacial score (nSPS) is 13.3. The van der Waals surface area contributed by atoms with E-state index in [4.69, 9.17) is 4.98 Å². The molecule has 5 heteroatoms. The van der Waals surface area contributed by atoms with Crippen molar-refractivity contribution in [1.29, 1.82) is 0 Å². The number of imidazole rings is 1. The molecule has 30 heavy (non-hydrogen) atoms. The molecule has 1 N–H and O–H groups in total. The number of thiophene rings is 1. The first kappa shape index (κ1) is 20.9. The minimum atomic E-state index is -0.0873. The fourth-order valence-corrected chi connectivity index (χ4v) is 4.73. The van der Waals surface area contributed by atoms with Crippen molar-refractivity contribution in [3.8, 4) is 21.8 Å². The standard InChI is InChI=1S/C25H31N3OS/c1-16(2)13-17-8-9-18-10-11-28-22(19(18)14-17)21(20-7-6-12-30-20)27-23(28)24(29)26-15-25(3,4)5/h6-9,12,14,16H,10-11,13,15H2,1-5H3,(H,26,29). The van der Waals surface area contributed by atoms with Crippen molar-refractivity contribution in [3.63, 3.8) is 0 Å². The van der Waals surface area contributed by atoms with Crippen LogP contribution in [0.15, 0.2) is 35.7 Å². The van der Waals surface area contributed by atoms with Gasteiger partial charge in [-0.05, 0) is 52.8 Å². The van der Waals surface area contributed by atoms with Crippen LogP contribution in [0.25, 0.3) is 21.8 Å². The highest BCUT2D eigenvalue weighted by molar-refractivity contribution is 7.13. The van der Waals surface area contributed by atoms with Crippen molar-refractivity contribution in [2.75, 3.05) is 6.54 Å². The molecular formula is C25H31N3OS. The van der Waals surface area contributed by atoms with Crippen LogP contribution in [-0.4, -0.2) is 22.0 Å². The predicted molar refractivity (Wildman–Crippen MR) is 125 cm³/mol. The van der Waals surface area contributed by atoms with E-state index >= 15 is 0 Å². The number of aryl methyl sites for hydroxylation is 1. The summed E-state index contributed by atoms with van der Waals surface area (Å²) < 4.78 is 2.13. The molecule has 0 spiro atoms. The second-order valence-corrected chi connectivity index (χ2v) is 10.8. The lowest BCUT2D eigenvalue weighted by molar-refractivity contribution is 0.0924. The number of aromatic nitrogens is 2. The molecule has 0 saturated heterocycles. The Morgan fingerprint density at radius 2 is 2.07 bits per heavy atom. The summed E-state index contributed by atoms with van der Waals surface area (Å²) in [7, 11) is 0. The Bertz CT molecular complexity index is 1050. The van der Waals surface area contributed by atoms with Gasteiger partial charge in [0.25, 0.3) is 5.91 Å². The van der Waals surface area contributed by atoms with E-state index in [0.29, 0.717) is 18.3 Å². The lowest BCUT2D eigenvalue weighted by atomic mass is 9.92. The average Bonchev–Trinajstić information content (AvgIpc) is 3.32. The Balaban J connectivity index is 1.82. The second kappa shape index (κ2) is 8.03. The van der Waals surface area contributed by atoms with Crippen LogP contribution in [-0.2, 0) is 19.4 Å². The van der Waals surface area contributed by atoms with E-state index in [1.165, 1.54) is 16.7 Å². The van der Waals surface area contributed by atoms with Crippen LogP contribution in [0.2, 0.25) is 0 Å². The number of hydrogen-bond donors (Lipinski definition) is 1. The largest absolute Gasteiger partial charge is 0.349 e. The Morgan fingerprint density at radius 3 is 2.73 bits per heavy atom. The number of carbonyl (C=O) groups excluding carboxylic acids is 1. The number of nitrogens with zero attached hydrogens (tertiary/aromatic N) is 2. The van der Waals surface area contributed by atoms with Crippen molar-refractivity contribution in [1.82, 2.24) is 14.9 Å². The van der Waals surface area contributed by atoms with Gasteiger partial charge in [-0.3, -0.25) is 4.79 Å². The van der Waals surface area contributed by atoms with Gasteiger partial charge in [-0.2, -0.15) is 0 Å². The van der Waals surface area contributed by atoms with E-state index in [0.717, 1.165) is 35.7 Å². The molecule has 3 heterocycles. The van der Waals surface area contributed by atoms with Gasteiger partial charge in [0.05, 0.1) is 10.6 Å². The molecular weight excluding hydrogens is 390 g/mol. The van der Waals surface area contributed by atoms with E-state index in [1.54, 1.807) is 11.3 Å². The third kappa shape index (κ3) is 4.22. The van der Waals surface area contributed by atoms with Gasteiger partial charge in [-0.15, -0.1) is 11.3 Å². The molecule has 0 unspecified atom stereocenters. The van der Waals surface area contributed by atoms with Crippen molar-refractivity contribution >= 4 is 17.2 Å². The quantitative estimate of drug-likeness (QED) is 0.565. The molecule has 0 radical (unpaired) electrons. The number of rotatable bonds is 5. The highest BCUT2D eigenvalue weighted by Crippen LogP contribution is 2.40. The number of amides is 1. The predicted octanol–water partition coefficient (Wildman–Crippen LogP) is 5.81. The maximum absolute atomic E-state index is 13.1. The summed E-state index contributed by atoms with van der Waals surface area (Å²) in [5.74, 6) is 1.04. The van der Waals surface area contributed by atoms with Crippen molar-refractivity contribution < 1.29 is 4.79 Å². The third-order valence-corrected chi connectivity index (χ3v) is 6.26. The molecule has 1 aliphatic heterocycles. The van der Waals surface area contributed by atoms with Crippen LogP contribution in [0.5, 0.6) is 0 Å². The third-order valence-electron chi connectivity index (χ3n) is 5.38. The van der Waals surface area contributed by atoms with Crippen molar-refractivity contribution in [2.45, 2.75) is 54.0 Å². The number of nitrogens with one attached hydrogen (secondary N) is 1. The molecule has 0 aliphatic carbocycles. The Labute approximate surface area is 183 Å². The molecule has 0 atom stereocenters. The second-order valence-electron chi connectivity index (χ2n) is 9.84. The molecule has 158 valence electrons. The minimum absolute atomic E-state index is 0.0297. The fraction of sp³-hybridized carbons (Fsp3) is 0.440. The van der Waals surface area contributed by atoms with Gasteiger partial charge < -0.3 is 9.88 Å². The SMILES string of the molecule is CC(C)Cc1ccc2c(c1)-c1c(-c3cccs3)nc(C(=O)NCC(C)(C)C)n1CC2. The summed E-state index contributed by atoms with van der Waals surface area (Å²) in [5, 5.41) is 5.16. The lowest BCUT2D eigenvalue weighted by Crippen LogP contribution is -2.34. The molecule has 3 aromatic rings. The monoisotopic (exact) mass is 421 g/mol. The first-order valence-corrected chi connectivity index (χ1v) is 11.7. The van der Waals surface area contributed by atoms with E-state index in [1.807, 2.05) is 6.07 Å². The molecule has 4 nitrogen and oxygen atoms in total. The van der Waals surface area contributed by atoms with E-state index in [-0.39, 0.29) is 11.3 Å². The maximum atomic E-state index is 13.1. The van der Waals surface area contributed by atoms with Crippen LogP contribution >= 0.6 is 11.3 Å². The smallest absolute Gasteiger partial charge is 0.287 e. The number of benzene rings is 1. The molecule has 0 bridgehead atoms. The van der Waals surface area contributed by atoms with Crippen LogP contribution in [0.3, 0.4) is 0 Å². The Kier molecular flexibility index (Phi) is 5.58. The molecule has 1 aliphatic rings. The molecule has 2 aromatic heterocycles. The summed E-state index contributed by atoms with van der Waals surface area (Å²) in [6, 6.07) is 11.0. The number of carbonyl (C=O) groups is 1. The Morgan fingerprint density at radius 1 is 1.27 bits per heavy atom. The molecule has 0 saturated carbocycles. The summed E-state index contributed by atoms with van der Waals surface area (Å²) >= 11 is 1.67. The van der Waals surface area contributed by atoms with Crippen LogP contribution < -0.4 is 5.32 Å². The zero-order valence-electron chi connectivity index (χ0n) is 18.6. The van der Waals surface area contributed by atoms with Crippen LogP contribution in [0.4, 0.5) is 0 Å². The van der Waals surface area contributed by atoms with Crippen molar-refractivity contribution in [3.05, 3.63) is 52.7 Å². The van der Waals surface area contributed by atoms with E-state index in [9.17, 15) is 4.79 Å². The highest BCUT2D eigenvalue weighted by Gasteiger charge is 2.29. The van der Waals surface area contributed by atoms with Gasteiger partial charge in [0.2, 0.25) is 0 Å². The molecule has 4 rings (SSSR count). The first-order valence-electron chi connectivity index (χ1n) is 10.8. The maximum Gasteiger partial charge on any atom is 0.287 e. The average molecular weight is 422 g/mol. The topological polar surface area (TPSA) is 46.9 Å². The van der Waals surface area contributed by atoms with Crippen molar-refractivity contribution in [2.24, 2.45) is 11.3 Å². The number of fused-ring (bicyclic) bond motifs is 3. The van der Waals surface area contributed by atoms with Gasteiger partial charge in [0, 0.05) is 18.7 Å². The highest BCUT2D eigenvalue weighted by atomic mass is 32.1. The summed E-state index contributed by atoms with van der Waals surface area (Å²) in [4.78, 5) is 19.1. The first-order chi connectivity index (χ1) is 14.2.